The summed E-state index contributed by atoms with van der Waals surface area (Å²) in [7, 11) is 2.15. The monoisotopic (exact) mass is 366 g/mol. The molecule has 1 unspecified atom stereocenters. The van der Waals surface area contributed by atoms with Crippen LogP contribution in [0.5, 0.6) is 0 Å². The van der Waals surface area contributed by atoms with Gasteiger partial charge in [0.2, 0.25) is 0 Å². The second kappa shape index (κ2) is 7.54. The molecule has 1 heterocycles. The first kappa shape index (κ1) is 16.7. The normalized spacial score (nSPS) is 12.9. The molecule has 1 atom stereocenters. The van der Waals surface area contributed by atoms with E-state index in [1.165, 1.54) is 26.0 Å². The Morgan fingerprint density at radius 2 is 1.86 bits per heavy atom. The van der Waals surface area contributed by atoms with E-state index in [0.717, 1.165) is 19.5 Å². The molecule has 0 aliphatic carbocycles. The molecule has 0 aliphatic rings. The van der Waals surface area contributed by atoms with E-state index in [-0.39, 0.29) is 6.04 Å². The number of hydrogen-bond donors (Lipinski definition) is 1. The minimum Gasteiger partial charge on any atom is -0.324 e. The second-order valence-electron chi connectivity index (χ2n) is 5.79. The van der Waals surface area contributed by atoms with Crippen LogP contribution < -0.4 is 5.73 Å². The predicted octanol–water partition coefficient (Wildman–Crippen LogP) is 4.65. The molecule has 2 aromatic rings. The van der Waals surface area contributed by atoms with Crippen molar-refractivity contribution in [2.45, 2.75) is 32.9 Å². The van der Waals surface area contributed by atoms with E-state index in [1.54, 1.807) is 11.3 Å². The van der Waals surface area contributed by atoms with E-state index < -0.39 is 0 Å². The van der Waals surface area contributed by atoms with E-state index >= 15 is 0 Å². The molecule has 0 amide bonds. The van der Waals surface area contributed by atoms with Crippen LogP contribution in [-0.4, -0.2) is 18.5 Å². The van der Waals surface area contributed by atoms with Crippen LogP contribution in [0.1, 0.15) is 34.0 Å². The molecule has 0 spiro atoms. The molecule has 0 saturated carbocycles. The molecular formula is C17H23BrN2S. The maximum absolute atomic E-state index is 6.35. The van der Waals surface area contributed by atoms with E-state index in [4.69, 9.17) is 5.73 Å². The lowest BCUT2D eigenvalue weighted by molar-refractivity contribution is 0.314. The smallest absolute Gasteiger partial charge is 0.0325 e. The molecule has 114 valence electrons. The Morgan fingerprint density at radius 1 is 1.19 bits per heavy atom. The van der Waals surface area contributed by atoms with Gasteiger partial charge < -0.3 is 10.6 Å². The van der Waals surface area contributed by atoms with Crippen molar-refractivity contribution in [1.29, 1.82) is 0 Å². The third-order valence-electron chi connectivity index (χ3n) is 3.54. The number of aryl methyl sites for hydroxylation is 2. The Hall–Kier alpha value is -0.680. The van der Waals surface area contributed by atoms with Crippen molar-refractivity contribution in [3.63, 3.8) is 0 Å². The fraction of sp³-hybridized carbons (Fsp3) is 0.412. The molecule has 0 aliphatic heterocycles. The first-order valence-corrected chi connectivity index (χ1v) is 8.86. The van der Waals surface area contributed by atoms with Gasteiger partial charge in [0, 0.05) is 33.9 Å². The maximum Gasteiger partial charge on any atom is 0.0325 e. The first-order chi connectivity index (χ1) is 9.94. The fourth-order valence-corrected chi connectivity index (χ4v) is 4.06. The predicted molar refractivity (Wildman–Crippen MR) is 95.8 cm³/mol. The van der Waals surface area contributed by atoms with Crippen LogP contribution in [0.25, 0.3) is 0 Å². The number of nitrogens with two attached hydrogens (primary N) is 1. The number of benzene rings is 1. The Balaban J connectivity index is 1.86. The summed E-state index contributed by atoms with van der Waals surface area (Å²) in [6.07, 6.45) is 0.978. The van der Waals surface area contributed by atoms with Crippen molar-refractivity contribution in [2.75, 3.05) is 13.6 Å². The molecule has 2 N–H and O–H groups in total. The van der Waals surface area contributed by atoms with Gasteiger partial charge in [0.05, 0.1) is 0 Å². The third-order valence-corrected chi connectivity index (χ3v) is 5.22. The Labute approximate surface area is 140 Å². The number of thiophene rings is 1. The minimum absolute atomic E-state index is 0.112. The van der Waals surface area contributed by atoms with Crippen LogP contribution >= 0.6 is 27.3 Å². The zero-order chi connectivity index (χ0) is 15.4. The lowest BCUT2D eigenvalue weighted by Gasteiger charge is -2.19. The zero-order valence-corrected chi connectivity index (χ0v) is 15.3. The molecule has 0 radical (unpaired) electrons. The number of rotatable bonds is 6. The second-order valence-corrected chi connectivity index (χ2v) is 7.70. The number of hydrogen-bond acceptors (Lipinski definition) is 3. The van der Waals surface area contributed by atoms with Gasteiger partial charge in [-0.1, -0.05) is 29.3 Å². The Kier molecular flexibility index (Phi) is 5.99. The van der Waals surface area contributed by atoms with E-state index in [9.17, 15) is 0 Å². The summed E-state index contributed by atoms with van der Waals surface area (Å²) in [6, 6.07) is 8.89. The van der Waals surface area contributed by atoms with E-state index in [1.807, 2.05) is 0 Å². The lowest BCUT2D eigenvalue weighted by Crippen LogP contribution is -2.23. The molecule has 0 saturated heterocycles. The molecular weight excluding hydrogens is 344 g/mol. The average Bonchev–Trinajstić information content (AvgIpc) is 2.80. The summed E-state index contributed by atoms with van der Waals surface area (Å²) in [6.45, 7) is 6.24. The highest BCUT2D eigenvalue weighted by molar-refractivity contribution is 9.10. The standard InChI is InChI=1S/C17H23BrN2S/c1-12-6-13(2)8-14(7-12)17(19)4-5-20(3)10-16-9-15(18)11-21-16/h6-9,11,17H,4-5,10,19H2,1-3H3. The lowest BCUT2D eigenvalue weighted by atomic mass is 10.00. The third kappa shape index (κ3) is 5.22. The van der Waals surface area contributed by atoms with Crippen molar-refractivity contribution in [3.8, 4) is 0 Å². The van der Waals surface area contributed by atoms with Gasteiger partial charge in [-0.3, -0.25) is 0 Å². The summed E-state index contributed by atoms with van der Waals surface area (Å²) >= 11 is 5.29. The topological polar surface area (TPSA) is 29.3 Å². The number of halogens is 1. The van der Waals surface area contributed by atoms with Gasteiger partial charge in [0.25, 0.3) is 0 Å². The van der Waals surface area contributed by atoms with Crippen LogP contribution in [0.3, 0.4) is 0 Å². The molecule has 1 aromatic carbocycles. The zero-order valence-electron chi connectivity index (χ0n) is 12.9. The Bertz CT molecular complexity index is 574. The highest BCUT2D eigenvalue weighted by Gasteiger charge is 2.09. The van der Waals surface area contributed by atoms with Crippen molar-refractivity contribution in [1.82, 2.24) is 4.90 Å². The van der Waals surface area contributed by atoms with Crippen LogP contribution in [0.15, 0.2) is 34.1 Å². The largest absolute Gasteiger partial charge is 0.324 e. The van der Waals surface area contributed by atoms with Crippen LogP contribution in [0.2, 0.25) is 0 Å². The van der Waals surface area contributed by atoms with Crippen molar-refractivity contribution in [3.05, 3.63) is 55.7 Å². The summed E-state index contributed by atoms with van der Waals surface area (Å²) in [5.74, 6) is 0. The van der Waals surface area contributed by atoms with Gasteiger partial charge >= 0.3 is 0 Å². The maximum atomic E-state index is 6.35. The number of nitrogens with zero attached hydrogens (tertiary/aromatic N) is 1. The minimum atomic E-state index is 0.112. The van der Waals surface area contributed by atoms with Crippen LogP contribution in [-0.2, 0) is 6.54 Å². The molecule has 0 fully saturated rings. The summed E-state index contributed by atoms with van der Waals surface area (Å²) in [5, 5.41) is 2.13. The molecule has 4 heteroatoms. The Morgan fingerprint density at radius 3 is 2.43 bits per heavy atom. The summed E-state index contributed by atoms with van der Waals surface area (Å²) < 4.78 is 1.17. The first-order valence-electron chi connectivity index (χ1n) is 7.19. The highest BCUT2D eigenvalue weighted by Crippen LogP contribution is 2.22. The van der Waals surface area contributed by atoms with Crippen molar-refractivity contribution in [2.24, 2.45) is 5.73 Å². The van der Waals surface area contributed by atoms with E-state index in [0.29, 0.717) is 0 Å². The molecule has 2 rings (SSSR count). The van der Waals surface area contributed by atoms with Gasteiger partial charge in [-0.2, -0.15) is 0 Å². The molecule has 1 aromatic heterocycles. The van der Waals surface area contributed by atoms with Crippen LogP contribution in [0, 0.1) is 13.8 Å². The van der Waals surface area contributed by atoms with Crippen LogP contribution in [0.4, 0.5) is 0 Å². The molecule has 21 heavy (non-hydrogen) atoms. The fourth-order valence-electron chi connectivity index (χ4n) is 2.53. The quantitative estimate of drug-likeness (QED) is 0.805. The van der Waals surface area contributed by atoms with Gasteiger partial charge in [0.15, 0.2) is 0 Å². The van der Waals surface area contributed by atoms with Crippen molar-refractivity contribution >= 4 is 27.3 Å². The molecule has 2 nitrogen and oxygen atoms in total. The highest BCUT2D eigenvalue weighted by atomic mass is 79.9. The SMILES string of the molecule is Cc1cc(C)cc(C(N)CCN(C)Cc2cc(Br)cs2)c1. The molecule has 0 bridgehead atoms. The average molecular weight is 367 g/mol. The summed E-state index contributed by atoms with van der Waals surface area (Å²) in [4.78, 5) is 3.71. The van der Waals surface area contributed by atoms with E-state index in [2.05, 4.69) is 71.4 Å². The summed E-state index contributed by atoms with van der Waals surface area (Å²) in [5.41, 5.74) is 10.2. The van der Waals surface area contributed by atoms with Gasteiger partial charge in [-0.05, 0) is 54.9 Å². The van der Waals surface area contributed by atoms with Gasteiger partial charge in [-0.25, -0.2) is 0 Å². The van der Waals surface area contributed by atoms with Gasteiger partial charge in [0.1, 0.15) is 0 Å². The van der Waals surface area contributed by atoms with Crippen molar-refractivity contribution < 1.29 is 0 Å². The van der Waals surface area contributed by atoms with Gasteiger partial charge in [-0.15, -0.1) is 11.3 Å².